The monoisotopic (exact) mass is 400 g/mol. The lowest BCUT2D eigenvalue weighted by Gasteiger charge is -2.37. The van der Waals surface area contributed by atoms with Crippen LogP contribution in [-0.2, 0) is 11.2 Å². The maximum absolute atomic E-state index is 12.5. The number of piperidine rings is 1. The molecule has 0 unspecified atom stereocenters. The third-order valence-corrected chi connectivity index (χ3v) is 5.85. The molecule has 1 aromatic rings. The van der Waals surface area contributed by atoms with Crippen LogP contribution in [0.5, 0.6) is 0 Å². The Labute approximate surface area is 175 Å². The molecule has 29 heavy (non-hydrogen) atoms. The zero-order chi connectivity index (χ0) is 20.5. The molecule has 1 N–H and O–H groups in total. The van der Waals surface area contributed by atoms with E-state index in [1.807, 2.05) is 17.3 Å². The van der Waals surface area contributed by atoms with Crippen molar-refractivity contribution in [3.8, 4) is 0 Å². The molecule has 0 bridgehead atoms. The first-order chi connectivity index (χ1) is 14.2. The molecule has 0 aromatic carbocycles. The van der Waals surface area contributed by atoms with Crippen LogP contribution in [0.25, 0.3) is 0 Å². The van der Waals surface area contributed by atoms with Crippen molar-refractivity contribution >= 4 is 11.9 Å². The number of aliphatic imine (C=N–C) groups is 1. The van der Waals surface area contributed by atoms with Crippen LogP contribution >= 0.6 is 0 Å². The number of nitrogens with zero attached hydrogens (tertiary/aromatic N) is 5. The van der Waals surface area contributed by atoms with Gasteiger partial charge in [-0.15, -0.1) is 0 Å². The fourth-order valence-electron chi connectivity index (χ4n) is 4.04. The number of nitrogens with one attached hydrogen (secondary N) is 1. The number of piperazine rings is 1. The van der Waals surface area contributed by atoms with Gasteiger partial charge in [0.2, 0.25) is 5.91 Å². The topological polar surface area (TPSA) is 64.1 Å². The van der Waals surface area contributed by atoms with Gasteiger partial charge in [0.25, 0.3) is 0 Å². The van der Waals surface area contributed by atoms with E-state index in [4.69, 9.17) is 4.99 Å². The number of aryl methyl sites for hydroxylation is 1. The number of pyridine rings is 1. The molecule has 0 atom stereocenters. The van der Waals surface area contributed by atoms with Crippen LogP contribution in [0.15, 0.2) is 23.5 Å². The fourth-order valence-corrected chi connectivity index (χ4v) is 4.04. The van der Waals surface area contributed by atoms with Gasteiger partial charge in [0.15, 0.2) is 5.96 Å². The highest BCUT2D eigenvalue weighted by Gasteiger charge is 2.24. The summed E-state index contributed by atoms with van der Waals surface area (Å²) in [6, 6.07) is 2.08. The Morgan fingerprint density at radius 3 is 2.55 bits per heavy atom. The molecule has 0 spiro atoms. The summed E-state index contributed by atoms with van der Waals surface area (Å²) in [4.78, 5) is 28.2. The van der Waals surface area contributed by atoms with Gasteiger partial charge < -0.3 is 15.1 Å². The van der Waals surface area contributed by atoms with Gasteiger partial charge in [-0.2, -0.15) is 0 Å². The standard InChI is InChI=1S/C22H36N6O/c1-3-24-22(25-10-8-20-7-9-23-17-19(20)2)28-15-13-26(14-16-28)18-21(29)27-11-5-4-6-12-27/h7,9,17H,3-6,8,10-16,18H2,1-2H3,(H,24,25). The molecule has 7 heteroatoms. The van der Waals surface area contributed by atoms with Crippen LogP contribution in [0, 0.1) is 6.92 Å². The summed E-state index contributed by atoms with van der Waals surface area (Å²) in [5.41, 5.74) is 2.53. The van der Waals surface area contributed by atoms with Crippen LogP contribution < -0.4 is 5.32 Å². The van der Waals surface area contributed by atoms with Crippen molar-refractivity contribution in [1.82, 2.24) is 25.0 Å². The summed E-state index contributed by atoms with van der Waals surface area (Å²) in [7, 11) is 0. The van der Waals surface area contributed by atoms with E-state index < -0.39 is 0 Å². The van der Waals surface area contributed by atoms with Crippen molar-refractivity contribution in [2.45, 2.75) is 39.5 Å². The molecule has 2 fully saturated rings. The summed E-state index contributed by atoms with van der Waals surface area (Å²) in [6.07, 6.45) is 8.25. The van der Waals surface area contributed by atoms with E-state index in [1.165, 1.54) is 17.5 Å². The van der Waals surface area contributed by atoms with Crippen molar-refractivity contribution in [2.75, 3.05) is 58.9 Å². The molecule has 2 saturated heterocycles. The van der Waals surface area contributed by atoms with Crippen LogP contribution in [0.2, 0.25) is 0 Å². The first kappa shape index (κ1) is 21.6. The lowest BCUT2D eigenvalue weighted by atomic mass is 10.1. The van der Waals surface area contributed by atoms with Crippen LogP contribution in [-0.4, -0.2) is 90.5 Å². The van der Waals surface area contributed by atoms with Gasteiger partial charge in [-0.05, 0) is 56.7 Å². The second kappa shape index (κ2) is 11.1. The van der Waals surface area contributed by atoms with Crippen LogP contribution in [0.1, 0.15) is 37.3 Å². The molecule has 2 aliphatic heterocycles. The quantitative estimate of drug-likeness (QED) is 0.580. The lowest BCUT2D eigenvalue weighted by molar-refractivity contribution is -0.133. The van der Waals surface area contributed by atoms with E-state index in [0.29, 0.717) is 12.5 Å². The Morgan fingerprint density at radius 2 is 1.86 bits per heavy atom. The second-order valence-corrected chi connectivity index (χ2v) is 7.99. The molecule has 0 saturated carbocycles. The molecule has 3 rings (SSSR count). The van der Waals surface area contributed by atoms with E-state index in [0.717, 1.165) is 77.6 Å². The van der Waals surface area contributed by atoms with Crippen molar-refractivity contribution < 1.29 is 4.79 Å². The molecule has 0 aliphatic carbocycles. The molecule has 1 amide bonds. The fraction of sp³-hybridized carbons (Fsp3) is 0.682. The van der Waals surface area contributed by atoms with Gasteiger partial charge in [0.05, 0.1) is 6.54 Å². The minimum atomic E-state index is 0.298. The maximum Gasteiger partial charge on any atom is 0.236 e. The summed E-state index contributed by atoms with van der Waals surface area (Å²) in [6.45, 7) is 11.9. The predicted octanol–water partition coefficient (Wildman–Crippen LogP) is 1.53. The zero-order valence-electron chi connectivity index (χ0n) is 18.1. The SMILES string of the molecule is CCNC(=NCCc1ccncc1C)N1CCN(CC(=O)N2CCCCC2)CC1. The smallest absolute Gasteiger partial charge is 0.236 e. The Balaban J connectivity index is 1.47. The largest absolute Gasteiger partial charge is 0.357 e. The molecular formula is C22H36N6O. The normalized spacial score (nSPS) is 18.8. The maximum atomic E-state index is 12.5. The molecular weight excluding hydrogens is 364 g/mol. The number of carbonyl (C=O) groups is 1. The number of hydrogen-bond donors (Lipinski definition) is 1. The molecule has 0 radical (unpaired) electrons. The minimum Gasteiger partial charge on any atom is -0.357 e. The molecule has 3 heterocycles. The van der Waals surface area contributed by atoms with Crippen molar-refractivity contribution in [3.63, 3.8) is 0 Å². The Hall–Kier alpha value is -2.15. The molecule has 7 nitrogen and oxygen atoms in total. The van der Waals surface area contributed by atoms with E-state index in [1.54, 1.807) is 0 Å². The molecule has 2 aliphatic rings. The Morgan fingerprint density at radius 1 is 1.10 bits per heavy atom. The van der Waals surface area contributed by atoms with Gasteiger partial charge in [-0.1, -0.05) is 0 Å². The third kappa shape index (κ3) is 6.42. The van der Waals surface area contributed by atoms with Crippen LogP contribution in [0.3, 0.4) is 0 Å². The Bertz CT molecular complexity index is 678. The second-order valence-electron chi connectivity index (χ2n) is 7.99. The average Bonchev–Trinajstić information content (AvgIpc) is 2.75. The number of rotatable bonds is 6. The van der Waals surface area contributed by atoms with E-state index in [9.17, 15) is 4.79 Å². The van der Waals surface area contributed by atoms with Gasteiger partial charge in [-0.3, -0.25) is 19.7 Å². The summed E-state index contributed by atoms with van der Waals surface area (Å²) < 4.78 is 0. The van der Waals surface area contributed by atoms with Crippen molar-refractivity contribution in [1.29, 1.82) is 0 Å². The lowest BCUT2D eigenvalue weighted by Crippen LogP contribution is -2.54. The number of guanidine groups is 1. The van der Waals surface area contributed by atoms with Crippen LogP contribution in [0.4, 0.5) is 0 Å². The average molecular weight is 401 g/mol. The third-order valence-electron chi connectivity index (χ3n) is 5.85. The number of aromatic nitrogens is 1. The van der Waals surface area contributed by atoms with Crippen molar-refractivity contribution in [2.24, 2.45) is 4.99 Å². The summed E-state index contributed by atoms with van der Waals surface area (Å²) >= 11 is 0. The highest BCUT2D eigenvalue weighted by molar-refractivity contribution is 5.80. The summed E-state index contributed by atoms with van der Waals surface area (Å²) in [5, 5.41) is 3.43. The van der Waals surface area contributed by atoms with Gasteiger partial charge in [-0.25, -0.2) is 0 Å². The molecule has 160 valence electrons. The first-order valence-corrected chi connectivity index (χ1v) is 11.1. The molecule has 1 aromatic heterocycles. The van der Waals surface area contributed by atoms with Gasteiger partial charge >= 0.3 is 0 Å². The summed E-state index contributed by atoms with van der Waals surface area (Å²) in [5.74, 6) is 1.28. The predicted molar refractivity (Wildman–Crippen MR) is 117 cm³/mol. The zero-order valence-corrected chi connectivity index (χ0v) is 18.1. The highest BCUT2D eigenvalue weighted by Crippen LogP contribution is 2.11. The minimum absolute atomic E-state index is 0.298. The highest BCUT2D eigenvalue weighted by atomic mass is 16.2. The van der Waals surface area contributed by atoms with E-state index >= 15 is 0 Å². The van der Waals surface area contributed by atoms with Gasteiger partial charge in [0, 0.05) is 64.8 Å². The number of likely N-dealkylation sites (tertiary alicyclic amines) is 1. The number of amides is 1. The van der Waals surface area contributed by atoms with Crippen molar-refractivity contribution in [3.05, 3.63) is 29.6 Å². The number of hydrogen-bond acceptors (Lipinski definition) is 4. The van der Waals surface area contributed by atoms with E-state index in [2.05, 4.69) is 40.0 Å². The Kier molecular flexibility index (Phi) is 8.28. The van der Waals surface area contributed by atoms with E-state index in [-0.39, 0.29) is 0 Å². The number of carbonyl (C=O) groups excluding carboxylic acids is 1. The first-order valence-electron chi connectivity index (χ1n) is 11.1. The van der Waals surface area contributed by atoms with Gasteiger partial charge in [0.1, 0.15) is 0 Å².